The van der Waals surface area contributed by atoms with Gasteiger partial charge in [0, 0.05) is 13.1 Å². The van der Waals surface area contributed by atoms with Crippen LogP contribution in [0.3, 0.4) is 0 Å². The third kappa shape index (κ3) is 5.09. The molecule has 1 fully saturated rings. The second-order valence-corrected chi connectivity index (χ2v) is 8.15. The number of piperidine rings is 1. The van der Waals surface area contributed by atoms with Crippen molar-refractivity contribution >= 4 is 5.82 Å². The standard InChI is InChI=1S/C21H27F2N3O2/c1-14-12-24-20(28-21(2,3)4)19(25-14)26-10-8-15(9-11-26)13-27-18-16(22)6-5-7-17(18)23/h5-7,12,15H,8-11,13H2,1-4H3. The summed E-state index contributed by atoms with van der Waals surface area (Å²) >= 11 is 0. The van der Waals surface area contributed by atoms with E-state index in [1.54, 1.807) is 6.20 Å². The Hall–Kier alpha value is -2.44. The van der Waals surface area contributed by atoms with Gasteiger partial charge in [-0.25, -0.2) is 18.7 Å². The van der Waals surface area contributed by atoms with Crippen molar-refractivity contribution in [2.75, 3.05) is 24.6 Å². The Morgan fingerprint density at radius 1 is 1.14 bits per heavy atom. The van der Waals surface area contributed by atoms with Gasteiger partial charge in [0.15, 0.2) is 23.2 Å². The number of aromatic nitrogens is 2. The second-order valence-electron chi connectivity index (χ2n) is 8.15. The van der Waals surface area contributed by atoms with Gasteiger partial charge in [-0.1, -0.05) is 6.07 Å². The molecule has 0 saturated carbocycles. The summed E-state index contributed by atoms with van der Waals surface area (Å²) < 4.78 is 38.8. The first-order valence-electron chi connectivity index (χ1n) is 9.57. The first kappa shape index (κ1) is 20.3. The van der Waals surface area contributed by atoms with E-state index < -0.39 is 11.6 Å². The number of halogens is 2. The van der Waals surface area contributed by atoms with Gasteiger partial charge in [0.25, 0.3) is 5.88 Å². The minimum atomic E-state index is -0.670. The number of hydrogen-bond donors (Lipinski definition) is 0. The van der Waals surface area contributed by atoms with Gasteiger partial charge in [0.2, 0.25) is 0 Å². The molecule has 2 heterocycles. The number of benzene rings is 1. The van der Waals surface area contributed by atoms with Gasteiger partial charge in [-0.3, -0.25) is 0 Å². The quantitative estimate of drug-likeness (QED) is 0.749. The largest absolute Gasteiger partial charge is 0.487 e. The molecule has 1 aliphatic heterocycles. The van der Waals surface area contributed by atoms with Crippen LogP contribution >= 0.6 is 0 Å². The number of rotatable bonds is 5. The van der Waals surface area contributed by atoms with Gasteiger partial charge in [0.05, 0.1) is 18.5 Å². The number of aryl methyl sites for hydroxylation is 1. The van der Waals surface area contributed by atoms with E-state index in [1.807, 2.05) is 27.7 Å². The van der Waals surface area contributed by atoms with E-state index in [9.17, 15) is 8.78 Å². The summed E-state index contributed by atoms with van der Waals surface area (Å²) in [7, 11) is 0. The van der Waals surface area contributed by atoms with E-state index in [0.717, 1.165) is 37.4 Å². The molecule has 1 aromatic carbocycles. The van der Waals surface area contributed by atoms with E-state index in [1.165, 1.54) is 18.2 Å². The highest BCUT2D eigenvalue weighted by Gasteiger charge is 2.26. The van der Waals surface area contributed by atoms with Crippen molar-refractivity contribution in [3.63, 3.8) is 0 Å². The average molecular weight is 391 g/mol. The van der Waals surface area contributed by atoms with Gasteiger partial charge < -0.3 is 14.4 Å². The number of ether oxygens (including phenoxy) is 2. The van der Waals surface area contributed by atoms with Crippen molar-refractivity contribution in [1.82, 2.24) is 9.97 Å². The molecule has 0 aliphatic carbocycles. The molecular formula is C21H27F2N3O2. The summed E-state index contributed by atoms with van der Waals surface area (Å²) in [6.07, 6.45) is 3.37. The molecule has 0 spiro atoms. The lowest BCUT2D eigenvalue weighted by Crippen LogP contribution is -2.37. The van der Waals surface area contributed by atoms with E-state index in [-0.39, 0.29) is 23.9 Å². The molecule has 0 amide bonds. The van der Waals surface area contributed by atoms with Gasteiger partial charge >= 0.3 is 0 Å². The van der Waals surface area contributed by atoms with Crippen LogP contribution in [0.25, 0.3) is 0 Å². The topological polar surface area (TPSA) is 47.5 Å². The summed E-state index contributed by atoms with van der Waals surface area (Å²) in [5, 5.41) is 0. The Kier molecular flexibility index (Phi) is 6.01. The van der Waals surface area contributed by atoms with Gasteiger partial charge in [-0.15, -0.1) is 0 Å². The summed E-state index contributed by atoms with van der Waals surface area (Å²) in [6, 6.07) is 3.73. The zero-order chi connectivity index (χ0) is 20.3. The van der Waals surface area contributed by atoms with Crippen molar-refractivity contribution in [2.24, 2.45) is 5.92 Å². The maximum absolute atomic E-state index is 13.7. The third-order valence-corrected chi connectivity index (χ3v) is 4.54. The van der Waals surface area contributed by atoms with Gasteiger partial charge in [-0.2, -0.15) is 0 Å². The normalized spacial score (nSPS) is 15.6. The van der Waals surface area contributed by atoms with Gasteiger partial charge in [0.1, 0.15) is 5.60 Å². The molecule has 1 saturated heterocycles. The first-order valence-corrected chi connectivity index (χ1v) is 9.57. The van der Waals surface area contributed by atoms with Crippen molar-refractivity contribution in [2.45, 2.75) is 46.1 Å². The van der Waals surface area contributed by atoms with Crippen molar-refractivity contribution in [1.29, 1.82) is 0 Å². The Labute approximate surface area is 164 Å². The highest BCUT2D eigenvalue weighted by atomic mass is 19.1. The molecule has 2 aromatic rings. The van der Waals surface area contributed by atoms with E-state index >= 15 is 0 Å². The highest BCUT2D eigenvalue weighted by Crippen LogP contribution is 2.31. The van der Waals surface area contributed by atoms with Crippen LogP contribution in [0, 0.1) is 24.5 Å². The maximum atomic E-state index is 13.7. The van der Waals surface area contributed by atoms with Crippen LogP contribution in [0.2, 0.25) is 0 Å². The zero-order valence-corrected chi connectivity index (χ0v) is 16.8. The van der Waals surface area contributed by atoms with Crippen LogP contribution in [0.5, 0.6) is 11.6 Å². The molecule has 28 heavy (non-hydrogen) atoms. The third-order valence-electron chi connectivity index (χ3n) is 4.54. The molecule has 152 valence electrons. The van der Waals surface area contributed by atoms with Crippen LogP contribution in [-0.4, -0.2) is 35.3 Å². The molecule has 0 unspecified atom stereocenters. The van der Waals surface area contributed by atoms with Crippen molar-refractivity contribution in [3.05, 3.63) is 41.7 Å². The second kappa shape index (κ2) is 8.29. The lowest BCUT2D eigenvalue weighted by molar-refractivity contribution is 0.123. The zero-order valence-electron chi connectivity index (χ0n) is 16.8. The molecule has 1 aromatic heterocycles. The molecular weight excluding hydrogens is 364 g/mol. The van der Waals surface area contributed by atoms with Gasteiger partial charge in [-0.05, 0) is 58.6 Å². The number of para-hydroxylation sites is 1. The first-order chi connectivity index (χ1) is 13.2. The Morgan fingerprint density at radius 3 is 2.39 bits per heavy atom. The Morgan fingerprint density at radius 2 is 1.79 bits per heavy atom. The summed E-state index contributed by atoms with van der Waals surface area (Å²) in [5.41, 5.74) is 0.464. The molecule has 0 atom stereocenters. The molecule has 7 heteroatoms. The molecule has 0 radical (unpaired) electrons. The SMILES string of the molecule is Cc1cnc(OC(C)(C)C)c(N2CCC(COc3c(F)cccc3F)CC2)n1. The van der Waals surface area contributed by atoms with Crippen LogP contribution in [0.1, 0.15) is 39.3 Å². The smallest absolute Gasteiger partial charge is 0.258 e. The predicted octanol–water partition coefficient (Wildman–Crippen LogP) is 4.54. The van der Waals surface area contributed by atoms with Crippen LogP contribution in [-0.2, 0) is 0 Å². The number of hydrogen-bond acceptors (Lipinski definition) is 5. The minimum Gasteiger partial charge on any atom is -0.487 e. The predicted molar refractivity (Wildman–Crippen MR) is 104 cm³/mol. The molecule has 1 aliphatic rings. The monoisotopic (exact) mass is 391 g/mol. The highest BCUT2D eigenvalue weighted by molar-refractivity contribution is 5.49. The van der Waals surface area contributed by atoms with Crippen LogP contribution < -0.4 is 14.4 Å². The molecule has 0 bridgehead atoms. The average Bonchev–Trinajstić information content (AvgIpc) is 2.62. The summed E-state index contributed by atoms with van der Waals surface area (Å²) in [4.78, 5) is 11.2. The molecule has 0 N–H and O–H groups in total. The molecule has 3 rings (SSSR count). The van der Waals surface area contributed by atoms with E-state index in [2.05, 4.69) is 14.9 Å². The minimum absolute atomic E-state index is 0.222. The maximum Gasteiger partial charge on any atom is 0.258 e. The van der Waals surface area contributed by atoms with Crippen LogP contribution in [0.15, 0.2) is 24.4 Å². The lowest BCUT2D eigenvalue weighted by atomic mass is 9.98. The fraction of sp³-hybridized carbons (Fsp3) is 0.524. The lowest BCUT2D eigenvalue weighted by Gasteiger charge is -2.34. The summed E-state index contributed by atoms with van der Waals surface area (Å²) in [5.74, 6) is -0.140. The van der Waals surface area contributed by atoms with E-state index in [0.29, 0.717) is 5.88 Å². The van der Waals surface area contributed by atoms with Crippen molar-refractivity contribution < 1.29 is 18.3 Å². The van der Waals surface area contributed by atoms with E-state index in [4.69, 9.17) is 9.47 Å². The van der Waals surface area contributed by atoms with Crippen molar-refractivity contribution in [3.8, 4) is 11.6 Å². The Balaban J connectivity index is 1.62. The number of anilines is 1. The fourth-order valence-electron chi connectivity index (χ4n) is 3.15. The van der Waals surface area contributed by atoms with Crippen LogP contribution in [0.4, 0.5) is 14.6 Å². The fourth-order valence-corrected chi connectivity index (χ4v) is 3.15. The summed E-state index contributed by atoms with van der Waals surface area (Å²) in [6.45, 7) is 9.63. The Bertz CT molecular complexity index is 796. The number of nitrogens with zero attached hydrogens (tertiary/aromatic N) is 3. The molecule has 5 nitrogen and oxygen atoms in total.